The monoisotopic (exact) mass is 482 g/mol. The summed E-state index contributed by atoms with van der Waals surface area (Å²) in [5.74, 6) is 1.08. The van der Waals surface area contributed by atoms with Crippen LogP contribution < -0.4 is 4.74 Å². The van der Waals surface area contributed by atoms with Crippen molar-refractivity contribution in [3.63, 3.8) is 0 Å². The van der Waals surface area contributed by atoms with Gasteiger partial charge in [-0.15, -0.1) is 12.4 Å². The summed E-state index contributed by atoms with van der Waals surface area (Å²) < 4.78 is 49.5. The quantitative estimate of drug-likeness (QED) is 0.300. The van der Waals surface area contributed by atoms with Gasteiger partial charge in [-0.1, -0.05) is 35.9 Å². The van der Waals surface area contributed by atoms with Crippen LogP contribution in [0.5, 0.6) is 5.75 Å². The van der Waals surface area contributed by atoms with Gasteiger partial charge in [-0.05, 0) is 40.8 Å². The second-order valence-corrected chi connectivity index (χ2v) is 7.24. The standard InChI is InChI=1S/C23H18ClF3N2O2.ClH/c1-30-10-11-31-21-19(22-28-8-9-29-22)13-16-12-15(4-7-18(16)20(21)24)14-2-5-17(6-3-14)23(25,26)27;/h2-9,12-13H,10-11H2,1H3,(H,28,29);1H. The largest absolute Gasteiger partial charge is 0.489 e. The van der Waals surface area contributed by atoms with Gasteiger partial charge in [0.05, 0.1) is 22.8 Å². The molecule has 32 heavy (non-hydrogen) atoms. The molecule has 1 heterocycles. The zero-order valence-electron chi connectivity index (χ0n) is 16.9. The number of aromatic nitrogens is 2. The number of rotatable bonds is 6. The SMILES string of the molecule is COCCOc1c(-c2ncc[nH]2)cc2cc(-c3ccc(C(F)(F)F)cc3)ccc2c1Cl.Cl. The maximum absolute atomic E-state index is 12.9. The molecule has 1 aromatic heterocycles. The fourth-order valence-electron chi connectivity index (χ4n) is 3.33. The molecule has 4 rings (SSSR count). The molecular weight excluding hydrogens is 464 g/mol. The number of hydrogen-bond donors (Lipinski definition) is 1. The summed E-state index contributed by atoms with van der Waals surface area (Å²) in [6.07, 6.45) is -1.04. The Labute approximate surface area is 193 Å². The van der Waals surface area contributed by atoms with Crippen molar-refractivity contribution in [1.82, 2.24) is 9.97 Å². The average Bonchev–Trinajstić information content (AvgIpc) is 3.29. The zero-order chi connectivity index (χ0) is 22.0. The molecule has 0 aliphatic carbocycles. The lowest BCUT2D eigenvalue weighted by Gasteiger charge is -2.15. The molecule has 0 bridgehead atoms. The van der Waals surface area contributed by atoms with Crippen molar-refractivity contribution in [2.75, 3.05) is 20.3 Å². The van der Waals surface area contributed by atoms with Crippen LogP contribution in [0.1, 0.15) is 5.56 Å². The molecule has 9 heteroatoms. The number of halogens is 5. The van der Waals surface area contributed by atoms with E-state index in [0.717, 1.165) is 28.5 Å². The summed E-state index contributed by atoms with van der Waals surface area (Å²) in [5.41, 5.74) is 1.45. The number of imidazole rings is 1. The lowest BCUT2D eigenvalue weighted by atomic mass is 9.98. The van der Waals surface area contributed by atoms with E-state index >= 15 is 0 Å². The lowest BCUT2D eigenvalue weighted by Crippen LogP contribution is -2.06. The van der Waals surface area contributed by atoms with Crippen LogP contribution in [0, 0.1) is 0 Å². The number of fused-ring (bicyclic) bond motifs is 1. The van der Waals surface area contributed by atoms with Crippen molar-refractivity contribution >= 4 is 34.8 Å². The molecule has 0 aliphatic rings. The maximum Gasteiger partial charge on any atom is 0.416 e. The number of hydrogen-bond acceptors (Lipinski definition) is 3. The fourth-order valence-corrected chi connectivity index (χ4v) is 3.66. The van der Waals surface area contributed by atoms with Gasteiger partial charge in [0.1, 0.15) is 18.2 Å². The molecule has 0 radical (unpaired) electrons. The van der Waals surface area contributed by atoms with Crippen LogP contribution in [0.15, 0.2) is 60.9 Å². The number of nitrogens with zero attached hydrogens (tertiary/aromatic N) is 1. The molecule has 4 nitrogen and oxygen atoms in total. The van der Waals surface area contributed by atoms with E-state index < -0.39 is 11.7 Å². The Morgan fingerprint density at radius 3 is 2.34 bits per heavy atom. The topological polar surface area (TPSA) is 47.1 Å². The minimum atomic E-state index is -4.37. The third-order valence-corrected chi connectivity index (χ3v) is 5.24. The van der Waals surface area contributed by atoms with Crippen LogP contribution in [-0.2, 0) is 10.9 Å². The van der Waals surface area contributed by atoms with Crippen LogP contribution in [0.2, 0.25) is 5.02 Å². The van der Waals surface area contributed by atoms with E-state index in [1.165, 1.54) is 12.1 Å². The smallest absolute Gasteiger partial charge is 0.416 e. The first kappa shape index (κ1) is 23.9. The number of benzene rings is 3. The number of nitrogens with one attached hydrogen (secondary N) is 1. The van der Waals surface area contributed by atoms with Crippen molar-refractivity contribution in [2.24, 2.45) is 0 Å². The first-order chi connectivity index (χ1) is 14.9. The van der Waals surface area contributed by atoms with E-state index in [9.17, 15) is 13.2 Å². The van der Waals surface area contributed by atoms with Crippen molar-refractivity contribution in [3.8, 4) is 28.3 Å². The molecule has 3 aromatic carbocycles. The molecule has 0 amide bonds. The van der Waals surface area contributed by atoms with E-state index in [4.69, 9.17) is 21.1 Å². The minimum Gasteiger partial charge on any atom is -0.489 e. The lowest BCUT2D eigenvalue weighted by molar-refractivity contribution is -0.137. The highest BCUT2D eigenvalue weighted by Gasteiger charge is 2.30. The highest BCUT2D eigenvalue weighted by atomic mass is 35.5. The first-order valence-corrected chi connectivity index (χ1v) is 9.81. The summed E-state index contributed by atoms with van der Waals surface area (Å²) in [6, 6.07) is 12.5. The number of H-pyrrole nitrogens is 1. The highest BCUT2D eigenvalue weighted by molar-refractivity contribution is 6.37. The minimum absolute atomic E-state index is 0. The molecule has 0 spiro atoms. The zero-order valence-corrected chi connectivity index (χ0v) is 18.4. The Kier molecular flexibility index (Phi) is 7.33. The van der Waals surface area contributed by atoms with Crippen LogP contribution >= 0.6 is 24.0 Å². The second kappa shape index (κ2) is 9.81. The van der Waals surface area contributed by atoms with Crippen molar-refractivity contribution in [1.29, 1.82) is 0 Å². The van der Waals surface area contributed by atoms with Gasteiger partial charge in [0.15, 0.2) is 0 Å². The van der Waals surface area contributed by atoms with Gasteiger partial charge in [-0.2, -0.15) is 13.2 Å². The Bertz CT molecular complexity index is 1190. The van der Waals surface area contributed by atoms with Crippen molar-refractivity contribution < 1.29 is 22.6 Å². The number of alkyl halides is 3. The van der Waals surface area contributed by atoms with E-state index in [0.29, 0.717) is 40.9 Å². The molecule has 4 aromatic rings. The summed E-state index contributed by atoms with van der Waals surface area (Å²) in [7, 11) is 1.58. The molecule has 0 atom stereocenters. The van der Waals surface area contributed by atoms with Gasteiger partial charge in [-0.25, -0.2) is 4.98 Å². The Morgan fingerprint density at radius 1 is 1.00 bits per heavy atom. The van der Waals surface area contributed by atoms with Crippen LogP contribution in [0.25, 0.3) is 33.3 Å². The first-order valence-electron chi connectivity index (χ1n) is 9.44. The molecule has 0 fully saturated rings. The van der Waals surface area contributed by atoms with E-state index in [2.05, 4.69) is 9.97 Å². The number of ether oxygens (including phenoxy) is 2. The molecule has 1 N–H and O–H groups in total. The third-order valence-electron chi connectivity index (χ3n) is 4.86. The Morgan fingerprint density at radius 2 is 1.72 bits per heavy atom. The number of methoxy groups -OCH3 is 1. The fraction of sp³-hybridized carbons (Fsp3) is 0.174. The van der Waals surface area contributed by atoms with Gasteiger partial charge in [0, 0.05) is 24.9 Å². The second-order valence-electron chi connectivity index (χ2n) is 6.86. The normalized spacial score (nSPS) is 11.4. The van der Waals surface area contributed by atoms with Crippen LogP contribution in [0.3, 0.4) is 0 Å². The van der Waals surface area contributed by atoms with Gasteiger partial charge in [0.25, 0.3) is 0 Å². The van der Waals surface area contributed by atoms with Gasteiger partial charge in [0.2, 0.25) is 0 Å². The summed E-state index contributed by atoms with van der Waals surface area (Å²) in [4.78, 5) is 7.36. The predicted octanol–water partition coefficient (Wildman–Crippen LogP) is 7.02. The number of aromatic amines is 1. The molecule has 168 valence electrons. The van der Waals surface area contributed by atoms with Gasteiger partial charge in [-0.3, -0.25) is 0 Å². The van der Waals surface area contributed by atoms with Gasteiger partial charge < -0.3 is 14.5 Å². The maximum atomic E-state index is 12.9. The Hall–Kier alpha value is -2.74. The molecule has 0 saturated heterocycles. The summed E-state index contributed by atoms with van der Waals surface area (Å²) >= 11 is 6.68. The van der Waals surface area contributed by atoms with Crippen LogP contribution in [0.4, 0.5) is 13.2 Å². The molecule has 0 aliphatic heterocycles. The van der Waals surface area contributed by atoms with E-state index in [1.54, 1.807) is 19.5 Å². The van der Waals surface area contributed by atoms with E-state index in [1.807, 2.05) is 24.3 Å². The average molecular weight is 483 g/mol. The summed E-state index contributed by atoms with van der Waals surface area (Å²) in [5, 5.41) is 2.01. The van der Waals surface area contributed by atoms with Crippen molar-refractivity contribution in [2.45, 2.75) is 6.18 Å². The summed E-state index contributed by atoms with van der Waals surface area (Å²) in [6.45, 7) is 0.720. The third kappa shape index (κ3) is 4.85. The van der Waals surface area contributed by atoms with Crippen molar-refractivity contribution in [3.05, 3.63) is 71.5 Å². The Balaban J connectivity index is 0.00000289. The molecule has 0 saturated carbocycles. The highest BCUT2D eigenvalue weighted by Crippen LogP contribution is 2.42. The predicted molar refractivity (Wildman–Crippen MR) is 122 cm³/mol. The molecule has 0 unspecified atom stereocenters. The van der Waals surface area contributed by atoms with E-state index in [-0.39, 0.29) is 12.4 Å². The van der Waals surface area contributed by atoms with Crippen LogP contribution in [-0.4, -0.2) is 30.3 Å². The molecular formula is C23H19Cl2F3N2O2. The van der Waals surface area contributed by atoms with Gasteiger partial charge >= 0.3 is 6.18 Å².